The number of nitrogens with one attached hydrogen (secondary N) is 1. The van der Waals surface area contributed by atoms with E-state index in [1.54, 1.807) is 0 Å². The fourth-order valence-electron chi connectivity index (χ4n) is 1.40. The molecule has 0 aromatic heterocycles. The van der Waals surface area contributed by atoms with E-state index >= 15 is 0 Å². The van der Waals surface area contributed by atoms with E-state index in [0.717, 1.165) is 32.2 Å². The average Bonchev–Trinajstić information content (AvgIpc) is 2.15. The molecule has 0 amide bonds. The maximum atomic E-state index is 5.81. The van der Waals surface area contributed by atoms with Crippen molar-refractivity contribution in [2.24, 2.45) is 17.2 Å². The van der Waals surface area contributed by atoms with Gasteiger partial charge in [0.25, 0.3) is 0 Å². The Morgan fingerprint density at radius 2 is 1.71 bits per heavy atom. The van der Waals surface area contributed by atoms with Gasteiger partial charge in [0.15, 0.2) is 0 Å². The van der Waals surface area contributed by atoms with E-state index in [2.05, 4.69) is 19.2 Å². The third kappa shape index (κ3) is 7.26. The summed E-state index contributed by atoms with van der Waals surface area (Å²) >= 11 is 0. The Balaban J connectivity index is 3.52. The monoisotopic (exact) mass is 202 g/mol. The lowest BCUT2D eigenvalue weighted by Crippen LogP contribution is -2.41. The Hall–Kier alpha value is -0.160. The predicted octanol–water partition coefficient (Wildman–Crippen LogP) is 0.116. The molecule has 0 bridgehead atoms. The lowest BCUT2D eigenvalue weighted by molar-refractivity contribution is 0.417. The van der Waals surface area contributed by atoms with Crippen molar-refractivity contribution < 1.29 is 0 Å². The van der Waals surface area contributed by atoms with Gasteiger partial charge in [-0.25, -0.2) is 0 Å². The van der Waals surface area contributed by atoms with E-state index in [1.165, 1.54) is 0 Å². The summed E-state index contributed by atoms with van der Waals surface area (Å²) in [5.41, 5.74) is 16.9. The van der Waals surface area contributed by atoms with Crippen molar-refractivity contribution in [2.75, 3.05) is 6.54 Å². The molecule has 0 fully saturated rings. The summed E-state index contributed by atoms with van der Waals surface area (Å²) in [6.45, 7) is 5.21. The van der Waals surface area contributed by atoms with Crippen LogP contribution in [0.4, 0.5) is 0 Å². The van der Waals surface area contributed by atoms with Crippen molar-refractivity contribution in [1.82, 2.24) is 5.32 Å². The van der Waals surface area contributed by atoms with E-state index in [0.29, 0.717) is 12.1 Å². The molecule has 0 spiro atoms. The van der Waals surface area contributed by atoms with Crippen LogP contribution < -0.4 is 22.5 Å². The third-order valence-corrected chi connectivity index (χ3v) is 2.52. The molecule has 4 nitrogen and oxygen atoms in total. The van der Waals surface area contributed by atoms with Crippen LogP contribution in [0.15, 0.2) is 0 Å². The maximum Gasteiger partial charge on any atom is 0.0535 e. The van der Waals surface area contributed by atoms with E-state index in [-0.39, 0.29) is 6.17 Å². The first-order valence-corrected chi connectivity index (χ1v) is 5.60. The SMILES string of the molecule is CCC(N)CCNC(CC)CC(N)N. The largest absolute Gasteiger partial charge is 0.328 e. The molecule has 86 valence electrons. The highest BCUT2D eigenvalue weighted by Gasteiger charge is 2.08. The standard InChI is InChI=1S/C10H26N4/c1-3-8(11)5-6-14-9(4-2)7-10(12)13/h8-10,14H,3-7,11-13H2,1-2H3. The van der Waals surface area contributed by atoms with Crippen molar-refractivity contribution in [1.29, 1.82) is 0 Å². The number of rotatable bonds is 8. The van der Waals surface area contributed by atoms with Crippen LogP contribution in [-0.2, 0) is 0 Å². The minimum absolute atomic E-state index is 0.215. The second kappa shape index (κ2) is 8.17. The molecule has 0 aromatic rings. The Kier molecular flexibility index (Phi) is 8.08. The molecule has 7 N–H and O–H groups in total. The van der Waals surface area contributed by atoms with E-state index in [4.69, 9.17) is 17.2 Å². The summed E-state index contributed by atoms with van der Waals surface area (Å²) in [5.74, 6) is 0. The minimum Gasteiger partial charge on any atom is -0.328 e. The zero-order chi connectivity index (χ0) is 11.0. The first-order chi connectivity index (χ1) is 6.60. The van der Waals surface area contributed by atoms with E-state index in [9.17, 15) is 0 Å². The summed E-state index contributed by atoms with van der Waals surface area (Å²) in [5, 5.41) is 3.43. The fourth-order valence-corrected chi connectivity index (χ4v) is 1.40. The molecule has 0 aliphatic rings. The van der Waals surface area contributed by atoms with Crippen LogP contribution in [-0.4, -0.2) is 24.8 Å². The first-order valence-electron chi connectivity index (χ1n) is 5.60. The maximum absolute atomic E-state index is 5.81. The van der Waals surface area contributed by atoms with Gasteiger partial charge in [-0.15, -0.1) is 0 Å². The van der Waals surface area contributed by atoms with Crippen LogP contribution >= 0.6 is 0 Å². The van der Waals surface area contributed by atoms with Gasteiger partial charge < -0.3 is 22.5 Å². The second-order valence-electron chi connectivity index (χ2n) is 3.92. The van der Waals surface area contributed by atoms with E-state index < -0.39 is 0 Å². The molecular formula is C10H26N4. The van der Waals surface area contributed by atoms with Gasteiger partial charge in [-0.05, 0) is 32.2 Å². The highest BCUT2D eigenvalue weighted by molar-refractivity contribution is 4.70. The molecule has 0 aliphatic heterocycles. The Labute approximate surface area is 87.6 Å². The summed E-state index contributed by atoms with van der Waals surface area (Å²) in [4.78, 5) is 0. The van der Waals surface area contributed by atoms with Crippen molar-refractivity contribution in [3.63, 3.8) is 0 Å². The van der Waals surface area contributed by atoms with Crippen molar-refractivity contribution in [3.8, 4) is 0 Å². The molecule has 0 heterocycles. The van der Waals surface area contributed by atoms with Gasteiger partial charge in [0.05, 0.1) is 6.17 Å². The van der Waals surface area contributed by atoms with Gasteiger partial charge in [0.1, 0.15) is 0 Å². The number of hydrogen-bond donors (Lipinski definition) is 4. The van der Waals surface area contributed by atoms with Crippen molar-refractivity contribution >= 4 is 0 Å². The minimum atomic E-state index is -0.215. The molecule has 0 rings (SSSR count). The van der Waals surface area contributed by atoms with E-state index in [1.807, 2.05) is 0 Å². The molecule has 0 saturated carbocycles. The number of hydrogen-bond acceptors (Lipinski definition) is 4. The van der Waals surface area contributed by atoms with Crippen LogP contribution in [0.3, 0.4) is 0 Å². The summed E-state index contributed by atoms with van der Waals surface area (Å²) < 4.78 is 0. The van der Waals surface area contributed by atoms with Crippen LogP contribution in [0.2, 0.25) is 0 Å². The second-order valence-corrected chi connectivity index (χ2v) is 3.92. The quantitative estimate of drug-likeness (QED) is 0.421. The molecule has 4 heteroatoms. The summed E-state index contributed by atoms with van der Waals surface area (Å²) in [6.07, 6.45) is 3.73. The lowest BCUT2D eigenvalue weighted by Gasteiger charge is -2.19. The molecule has 0 radical (unpaired) electrons. The third-order valence-electron chi connectivity index (χ3n) is 2.52. The van der Waals surface area contributed by atoms with Crippen LogP contribution in [0.5, 0.6) is 0 Å². The molecule has 0 saturated heterocycles. The van der Waals surface area contributed by atoms with Crippen LogP contribution in [0.25, 0.3) is 0 Å². The molecule has 0 aliphatic carbocycles. The van der Waals surface area contributed by atoms with Crippen molar-refractivity contribution in [3.05, 3.63) is 0 Å². The van der Waals surface area contributed by atoms with Crippen molar-refractivity contribution in [2.45, 2.75) is 57.8 Å². The Morgan fingerprint density at radius 3 is 2.14 bits per heavy atom. The predicted molar refractivity (Wildman–Crippen MR) is 61.7 cm³/mol. The Morgan fingerprint density at radius 1 is 1.07 bits per heavy atom. The van der Waals surface area contributed by atoms with Gasteiger partial charge >= 0.3 is 0 Å². The molecule has 2 atom stereocenters. The van der Waals surface area contributed by atoms with Gasteiger partial charge in [0, 0.05) is 12.1 Å². The summed E-state index contributed by atoms with van der Waals surface area (Å²) in [6, 6.07) is 0.741. The molecule has 0 aromatic carbocycles. The normalized spacial score (nSPS) is 15.9. The average molecular weight is 202 g/mol. The topological polar surface area (TPSA) is 90.1 Å². The zero-order valence-corrected chi connectivity index (χ0v) is 9.50. The first kappa shape index (κ1) is 13.8. The molecule has 2 unspecified atom stereocenters. The van der Waals surface area contributed by atoms with Crippen LogP contribution in [0.1, 0.15) is 39.5 Å². The van der Waals surface area contributed by atoms with Crippen LogP contribution in [0, 0.1) is 0 Å². The smallest absolute Gasteiger partial charge is 0.0535 e. The number of nitrogens with two attached hydrogens (primary N) is 3. The highest BCUT2D eigenvalue weighted by Crippen LogP contribution is 1.99. The van der Waals surface area contributed by atoms with Gasteiger partial charge in [0.2, 0.25) is 0 Å². The van der Waals surface area contributed by atoms with Gasteiger partial charge in [-0.2, -0.15) is 0 Å². The highest BCUT2D eigenvalue weighted by atomic mass is 14.9. The Bertz CT molecular complexity index is 127. The lowest BCUT2D eigenvalue weighted by atomic mass is 10.1. The zero-order valence-electron chi connectivity index (χ0n) is 9.50. The molecule has 14 heavy (non-hydrogen) atoms. The van der Waals surface area contributed by atoms with Gasteiger partial charge in [-0.3, -0.25) is 0 Å². The molecular weight excluding hydrogens is 176 g/mol. The fraction of sp³-hybridized carbons (Fsp3) is 1.00. The van der Waals surface area contributed by atoms with Gasteiger partial charge in [-0.1, -0.05) is 13.8 Å². The summed E-state index contributed by atoms with van der Waals surface area (Å²) in [7, 11) is 0.